The number of hydrazine groups is 1. The second kappa shape index (κ2) is 9.55. The number of carbonyl (C=O) groups excluding carboxylic acids is 1. The van der Waals surface area contributed by atoms with E-state index in [2.05, 4.69) is 21.1 Å². The topological polar surface area (TPSA) is 74.9 Å². The van der Waals surface area contributed by atoms with Crippen LogP contribution in [0.4, 0.5) is 5.69 Å². The van der Waals surface area contributed by atoms with Crippen LogP contribution in [0.25, 0.3) is 0 Å². The van der Waals surface area contributed by atoms with Gasteiger partial charge in [-0.3, -0.25) is 20.5 Å². The lowest BCUT2D eigenvalue weighted by atomic mass is 10.2. The Bertz CT molecular complexity index is 589. The first kappa shape index (κ1) is 19.4. The van der Waals surface area contributed by atoms with Crippen molar-refractivity contribution in [3.63, 3.8) is 0 Å². The van der Waals surface area contributed by atoms with Crippen molar-refractivity contribution in [3.05, 3.63) is 24.3 Å². The zero-order valence-corrected chi connectivity index (χ0v) is 15.7. The number of nitrogens with zero attached hydrogens (tertiary/aromatic N) is 1. The van der Waals surface area contributed by atoms with E-state index >= 15 is 0 Å². The maximum absolute atomic E-state index is 12.0. The van der Waals surface area contributed by atoms with Crippen LogP contribution in [0.3, 0.4) is 0 Å². The van der Waals surface area contributed by atoms with Crippen molar-refractivity contribution in [2.45, 2.75) is 32.5 Å². The third-order valence-corrected chi connectivity index (χ3v) is 4.00. The summed E-state index contributed by atoms with van der Waals surface area (Å²) in [5.41, 5.74) is 6.10. The van der Waals surface area contributed by atoms with Crippen LogP contribution in [0.15, 0.2) is 24.3 Å². The average Bonchev–Trinajstić information content (AvgIpc) is 2.57. The molecule has 2 rings (SSSR count). The van der Waals surface area contributed by atoms with Crippen molar-refractivity contribution in [3.8, 4) is 5.75 Å². The fourth-order valence-corrected chi connectivity index (χ4v) is 2.95. The molecule has 8 heteroatoms. The third-order valence-electron chi connectivity index (χ3n) is 3.79. The molecule has 7 nitrogen and oxygen atoms in total. The van der Waals surface area contributed by atoms with Crippen LogP contribution in [0.1, 0.15) is 20.3 Å². The molecule has 0 bridgehead atoms. The summed E-state index contributed by atoms with van der Waals surface area (Å²) in [5.74, 6) is 0.618. The Morgan fingerprint density at radius 3 is 2.72 bits per heavy atom. The number of morpholine rings is 1. The zero-order chi connectivity index (χ0) is 18.2. The highest BCUT2D eigenvalue weighted by atomic mass is 32.1. The number of anilines is 1. The van der Waals surface area contributed by atoms with Gasteiger partial charge in [-0.25, -0.2) is 0 Å². The van der Waals surface area contributed by atoms with Gasteiger partial charge in [0.05, 0.1) is 19.3 Å². The van der Waals surface area contributed by atoms with Gasteiger partial charge < -0.3 is 14.8 Å². The predicted molar refractivity (Wildman–Crippen MR) is 102 cm³/mol. The Morgan fingerprint density at radius 2 is 2.04 bits per heavy atom. The Morgan fingerprint density at radius 1 is 1.32 bits per heavy atom. The van der Waals surface area contributed by atoms with Crippen LogP contribution in [-0.4, -0.2) is 54.9 Å². The van der Waals surface area contributed by atoms with Crippen LogP contribution < -0.4 is 20.9 Å². The van der Waals surface area contributed by atoms with Gasteiger partial charge in [-0.15, -0.1) is 0 Å². The first-order chi connectivity index (χ1) is 12.0. The molecule has 0 unspecified atom stereocenters. The molecule has 1 aliphatic rings. The fourth-order valence-electron chi connectivity index (χ4n) is 2.78. The molecule has 0 aliphatic carbocycles. The van der Waals surface area contributed by atoms with Crippen molar-refractivity contribution < 1.29 is 14.3 Å². The first-order valence-corrected chi connectivity index (χ1v) is 8.75. The van der Waals surface area contributed by atoms with Crippen molar-refractivity contribution >= 4 is 28.9 Å². The highest BCUT2D eigenvalue weighted by molar-refractivity contribution is 7.80. The Balaban J connectivity index is 1.67. The SMILES string of the molecule is COc1cccc(NC(=S)NNC(=O)CCN2C[C@@H](C)O[C@@H](C)C2)c1. The lowest BCUT2D eigenvalue weighted by Gasteiger charge is -2.35. The lowest BCUT2D eigenvalue weighted by molar-refractivity contribution is -0.123. The highest BCUT2D eigenvalue weighted by Gasteiger charge is 2.22. The number of amides is 1. The van der Waals surface area contributed by atoms with Crippen molar-refractivity contribution in [1.29, 1.82) is 0 Å². The lowest BCUT2D eigenvalue weighted by Crippen LogP contribution is -2.48. The molecule has 138 valence electrons. The number of nitrogens with one attached hydrogen (secondary N) is 3. The largest absolute Gasteiger partial charge is 0.497 e. The summed E-state index contributed by atoms with van der Waals surface area (Å²) in [5, 5.41) is 3.30. The van der Waals surface area contributed by atoms with E-state index in [0.717, 1.165) is 24.5 Å². The first-order valence-electron chi connectivity index (χ1n) is 8.34. The molecule has 0 spiro atoms. The van der Waals surface area contributed by atoms with E-state index in [9.17, 15) is 4.79 Å². The average molecular weight is 366 g/mol. The van der Waals surface area contributed by atoms with Crippen LogP contribution in [0.2, 0.25) is 0 Å². The standard InChI is InChI=1S/C17H26N4O3S/c1-12-10-21(11-13(2)24-12)8-7-16(22)19-20-17(25)18-14-5-4-6-15(9-14)23-3/h4-6,9,12-13H,7-8,10-11H2,1-3H3,(H,19,22)(H2,18,20,25)/t12-,13+. The molecule has 0 saturated carbocycles. The maximum atomic E-state index is 12.0. The van der Waals surface area contributed by atoms with Crippen LogP contribution in [0, 0.1) is 0 Å². The quantitative estimate of drug-likeness (QED) is 0.539. The van der Waals surface area contributed by atoms with Crippen molar-refractivity contribution in [1.82, 2.24) is 15.8 Å². The fraction of sp³-hybridized carbons (Fsp3) is 0.529. The van der Waals surface area contributed by atoms with E-state index in [1.807, 2.05) is 38.1 Å². The summed E-state index contributed by atoms with van der Waals surface area (Å²) in [4.78, 5) is 14.2. The summed E-state index contributed by atoms with van der Waals surface area (Å²) in [7, 11) is 1.60. The molecule has 1 saturated heterocycles. The van der Waals surface area contributed by atoms with E-state index < -0.39 is 0 Å². The van der Waals surface area contributed by atoms with Crippen molar-refractivity contribution in [2.75, 3.05) is 32.1 Å². The van der Waals surface area contributed by atoms with Gasteiger partial charge in [0.2, 0.25) is 5.91 Å². The molecule has 1 fully saturated rings. The van der Waals surface area contributed by atoms with Gasteiger partial charge in [-0.2, -0.15) is 0 Å². The second-order valence-electron chi connectivity index (χ2n) is 6.13. The number of ether oxygens (including phenoxy) is 2. The summed E-state index contributed by atoms with van der Waals surface area (Å²) in [6.45, 7) is 6.49. The molecular formula is C17H26N4O3S. The van der Waals surface area contributed by atoms with Gasteiger partial charge in [0, 0.05) is 37.8 Å². The van der Waals surface area contributed by atoms with Crippen LogP contribution in [0.5, 0.6) is 5.75 Å². The molecule has 0 radical (unpaired) electrons. The number of hydrogen-bond acceptors (Lipinski definition) is 5. The molecule has 1 amide bonds. The molecular weight excluding hydrogens is 340 g/mol. The monoisotopic (exact) mass is 366 g/mol. The summed E-state index contributed by atoms with van der Waals surface area (Å²) >= 11 is 5.17. The molecule has 1 aromatic carbocycles. The highest BCUT2D eigenvalue weighted by Crippen LogP contribution is 2.16. The van der Waals surface area contributed by atoms with E-state index in [4.69, 9.17) is 21.7 Å². The number of methoxy groups -OCH3 is 1. The molecule has 1 aliphatic heterocycles. The molecule has 1 aromatic rings. The Hall–Kier alpha value is -1.90. The smallest absolute Gasteiger partial charge is 0.239 e. The molecule has 1 heterocycles. The van der Waals surface area contributed by atoms with Crippen LogP contribution >= 0.6 is 12.2 Å². The van der Waals surface area contributed by atoms with E-state index in [-0.39, 0.29) is 18.1 Å². The molecule has 2 atom stereocenters. The summed E-state index contributed by atoms with van der Waals surface area (Å²) < 4.78 is 10.8. The van der Waals surface area contributed by atoms with Gasteiger partial charge in [-0.1, -0.05) is 6.07 Å². The molecule has 25 heavy (non-hydrogen) atoms. The maximum Gasteiger partial charge on any atom is 0.239 e. The van der Waals surface area contributed by atoms with Gasteiger partial charge >= 0.3 is 0 Å². The van der Waals surface area contributed by atoms with E-state index in [0.29, 0.717) is 18.1 Å². The van der Waals surface area contributed by atoms with Gasteiger partial charge in [0.15, 0.2) is 5.11 Å². The zero-order valence-electron chi connectivity index (χ0n) is 14.9. The Kier molecular flexibility index (Phi) is 7.42. The molecule has 3 N–H and O–H groups in total. The predicted octanol–water partition coefficient (Wildman–Crippen LogP) is 1.51. The van der Waals surface area contributed by atoms with Gasteiger partial charge in [0.25, 0.3) is 0 Å². The summed E-state index contributed by atoms with van der Waals surface area (Å²) in [6, 6.07) is 7.37. The number of carbonyl (C=O) groups is 1. The number of hydrogen-bond donors (Lipinski definition) is 3. The van der Waals surface area contributed by atoms with Crippen LogP contribution in [-0.2, 0) is 9.53 Å². The normalized spacial score (nSPS) is 20.6. The summed E-state index contributed by atoms with van der Waals surface area (Å²) in [6.07, 6.45) is 0.794. The van der Waals surface area contributed by atoms with Crippen molar-refractivity contribution in [2.24, 2.45) is 0 Å². The van der Waals surface area contributed by atoms with Gasteiger partial charge in [0.1, 0.15) is 5.75 Å². The second-order valence-corrected chi connectivity index (χ2v) is 6.53. The molecule has 0 aromatic heterocycles. The van der Waals surface area contributed by atoms with Gasteiger partial charge in [-0.05, 0) is 38.2 Å². The number of thiocarbonyl (C=S) groups is 1. The third kappa shape index (κ3) is 6.85. The van der Waals surface area contributed by atoms with E-state index in [1.165, 1.54) is 0 Å². The number of rotatable bonds is 5. The minimum atomic E-state index is -0.110. The van der Waals surface area contributed by atoms with E-state index in [1.54, 1.807) is 7.11 Å². The Labute approximate surface area is 154 Å². The number of benzene rings is 1. The minimum Gasteiger partial charge on any atom is -0.497 e. The minimum absolute atomic E-state index is 0.110.